The van der Waals surface area contributed by atoms with Gasteiger partial charge in [0.05, 0.1) is 6.61 Å². The molecule has 2 nitrogen and oxygen atoms in total. The monoisotopic (exact) mass is 172 g/mol. The van der Waals surface area contributed by atoms with Crippen LogP contribution in [0, 0.1) is 5.92 Å². The Kier molecular flexibility index (Phi) is 3.53. The van der Waals surface area contributed by atoms with Crippen molar-refractivity contribution in [3.63, 3.8) is 0 Å². The molecule has 0 N–H and O–H groups in total. The first-order valence-electron chi connectivity index (χ1n) is 4.88. The van der Waals surface area contributed by atoms with Crippen molar-refractivity contribution in [3.05, 3.63) is 0 Å². The summed E-state index contributed by atoms with van der Waals surface area (Å²) in [6, 6.07) is 0. The van der Waals surface area contributed by atoms with Crippen LogP contribution in [0.1, 0.15) is 39.5 Å². The number of methoxy groups -OCH3 is 1. The lowest BCUT2D eigenvalue weighted by Gasteiger charge is -2.37. The number of hydrogen-bond donors (Lipinski definition) is 0. The lowest BCUT2D eigenvalue weighted by Crippen LogP contribution is -2.39. The zero-order valence-corrected chi connectivity index (χ0v) is 8.43. The molecule has 0 amide bonds. The van der Waals surface area contributed by atoms with Crippen LogP contribution in [-0.2, 0) is 9.47 Å². The lowest BCUT2D eigenvalue weighted by molar-refractivity contribution is -0.249. The smallest absolute Gasteiger partial charge is 0.168 e. The van der Waals surface area contributed by atoms with E-state index >= 15 is 0 Å². The molecule has 0 aromatic carbocycles. The molecule has 1 saturated heterocycles. The van der Waals surface area contributed by atoms with Gasteiger partial charge in [0, 0.05) is 20.0 Å². The number of ether oxygens (including phenoxy) is 2. The third-order valence-corrected chi connectivity index (χ3v) is 2.41. The van der Waals surface area contributed by atoms with Gasteiger partial charge in [0.25, 0.3) is 0 Å². The topological polar surface area (TPSA) is 18.5 Å². The summed E-state index contributed by atoms with van der Waals surface area (Å²) in [7, 11) is 1.76. The first kappa shape index (κ1) is 10.0. The summed E-state index contributed by atoms with van der Waals surface area (Å²) < 4.78 is 11.2. The summed E-state index contributed by atoms with van der Waals surface area (Å²) >= 11 is 0. The summed E-state index contributed by atoms with van der Waals surface area (Å²) in [5.41, 5.74) is 0. The zero-order valence-electron chi connectivity index (χ0n) is 8.43. The fourth-order valence-electron chi connectivity index (χ4n) is 1.85. The normalized spacial score (nSPS) is 31.0. The van der Waals surface area contributed by atoms with Gasteiger partial charge >= 0.3 is 0 Å². The highest BCUT2D eigenvalue weighted by Gasteiger charge is 2.33. The van der Waals surface area contributed by atoms with Crippen LogP contribution in [0.3, 0.4) is 0 Å². The van der Waals surface area contributed by atoms with Crippen molar-refractivity contribution in [2.75, 3.05) is 13.7 Å². The van der Waals surface area contributed by atoms with Crippen LogP contribution < -0.4 is 0 Å². The van der Waals surface area contributed by atoms with E-state index in [2.05, 4.69) is 13.8 Å². The second-order valence-electron chi connectivity index (χ2n) is 4.02. The Hall–Kier alpha value is -0.0800. The standard InChI is InChI=1S/C10H20O2/c1-9(2)8-10(11-3)6-4-5-7-12-10/h9H,4-8H2,1-3H3. The third kappa shape index (κ3) is 2.46. The SMILES string of the molecule is COC1(CC(C)C)CCCCO1. The van der Waals surface area contributed by atoms with E-state index in [0.717, 1.165) is 19.4 Å². The predicted molar refractivity (Wildman–Crippen MR) is 49.0 cm³/mol. The lowest BCUT2D eigenvalue weighted by atomic mass is 9.96. The maximum Gasteiger partial charge on any atom is 0.168 e. The first-order chi connectivity index (χ1) is 5.68. The molecule has 1 unspecified atom stereocenters. The largest absolute Gasteiger partial charge is 0.353 e. The van der Waals surface area contributed by atoms with Crippen molar-refractivity contribution in [3.8, 4) is 0 Å². The first-order valence-corrected chi connectivity index (χ1v) is 4.88. The molecule has 72 valence electrons. The quantitative estimate of drug-likeness (QED) is 0.651. The van der Waals surface area contributed by atoms with Crippen molar-refractivity contribution < 1.29 is 9.47 Å². The van der Waals surface area contributed by atoms with Gasteiger partial charge in [-0.25, -0.2) is 0 Å². The molecule has 0 radical (unpaired) electrons. The molecule has 1 rings (SSSR count). The fraction of sp³-hybridized carbons (Fsp3) is 1.00. The molecule has 0 aliphatic carbocycles. The van der Waals surface area contributed by atoms with Crippen molar-refractivity contribution in [1.29, 1.82) is 0 Å². The average Bonchev–Trinajstić information content (AvgIpc) is 2.05. The summed E-state index contributed by atoms with van der Waals surface area (Å²) in [5, 5.41) is 0. The molecule has 0 aromatic heterocycles. The van der Waals surface area contributed by atoms with Gasteiger partial charge in [-0.2, -0.15) is 0 Å². The van der Waals surface area contributed by atoms with Crippen molar-refractivity contribution in [1.82, 2.24) is 0 Å². The van der Waals surface area contributed by atoms with Crippen molar-refractivity contribution in [2.24, 2.45) is 5.92 Å². The molecule has 1 heterocycles. The molecular formula is C10H20O2. The Morgan fingerprint density at radius 2 is 2.17 bits per heavy atom. The van der Waals surface area contributed by atoms with Crippen molar-refractivity contribution >= 4 is 0 Å². The van der Waals surface area contributed by atoms with Crippen LogP contribution in [0.15, 0.2) is 0 Å². The van der Waals surface area contributed by atoms with Crippen LogP contribution in [0.5, 0.6) is 0 Å². The molecular weight excluding hydrogens is 152 g/mol. The summed E-state index contributed by atoms with van der Waals surface area (Å²) in [6.07, 6.45) is 4.49. The summed E-state index contributed by atoms with van der Waals surface area (Å²) in [5.74, 6) is 0.384. The minimum absolute atomic E-state index is 0.258. The Morgan fingerprint density at radius 1 is 1.42 bits per heavy atom. The maximum absolute atomic E-state index is 5.70. The molecule has 1 aliphatic heterocycles. The Bertz CT molecular complexity index is 126. The third-order valence-electron chi connectivity index (χ3n) is 2.41. The molecule has 0 saturated carbocycles. The summed E-state index contributed by atoms with van der Waals surface area (Å²) in [4.78, 5) is 0. The molecule has 12 heavy (non-hydrogen) atoms. The van der Waals surface area contributed by atoms with Crippen LogP contribution in [0.25, 0.3) is 0 Å². The van der Waals surface area contributed by atoms with Gasteiger partial charge < -0.3 is 9.47 Å². The minimum Gasteiger partial charge on any atom is -0.353 e. The highest BCUT2D eigenvalue weighted by atomic mass is 16.7. The van der Waals surface area contributed by atoms with Crippen LogP contribution >= 0.6 is 0 Å². The zero-order chi connectivity index (χ0) is 9.03. The molecule has 0 bridgehead atoms. The van der Waals surface area contributed by atoms with Crippen LogP contribution in [-0.4, -0.2) is 19.5 Å². The summed E-state index contributed by atoms with van der Waals surface area (Å²) in [6.45, 7) is 5.28. The highest BCUT2D eigenvalue weighted by Crippen LogP contribution is 2.31. The Labute approximate surface area is 75.2 Å². The van der Waals surface area contributed by atoms with Gasteiger partial charge in [-0.05, 0) is 18.8 Å². The van der Waals surface area contributed by atoms with E-state index in [1.807, 2.05) is 0 Å². The van der Waals surface area contributed by atoms with E-state index in [9.17, 15) is 0 Å². The maximum atomic E-state index is 5.70. The molecule has 1 aliphatic rings. The highest BCUT2D eigenvalue weighted by molar-refractivity contribution is 4.74. The molecule has 1 atom stereocenters. The minimum atomic E-state index is -0.258. The van der Waals surface area contributed by atoms with Gasteiger partial charge in [-0.3, -0.25) is 0 Å². The molecule has 0 aromatic rings. The van der Waals surface area contributed by atoms with E-state index in [1.54, 1.807) is 7.11 Å². The van der Waals surface area contributed by atoms with E-state index in [4.69, 9.17) is 9.47 Å². The second kappa shape index (κ2) is 4.24. The van der Waals surface area contributed by atoms with Gasteiger partial charge in [-0.1, -0.05) is 13.8 Å². The predicted octanol–water partition coefficient (Wildman–Crippen LogP) is 2.58. The van der Waals surface area contributed by atoms with E-state index < -0.39 is 0 Å². The average molecular weight is 172 g/mol. The van der Waals surface area contributed by atoms with Crippen LogP contribution in [0.2, 0.25) is 0 Å². The van der Waals surface area contributed by atoms with E-state index in [-0.39, 0.29) is 5.79 Å². The van der Waals surface area contributed by atoms with E-state index in [0.29, 0.717) is 5.92 Å². The Balaban J connectivity index is 2.48. The van der Waals surface area contributed by atoms with Gasteiger partial charge in [0.1, 0.15) is 0 Å². The van der Waals surface area contributed by atoms with E-state index in [1.165, 1.54) is 12.8 Å². The Morgan fingerprint density at radius 3 is 2.58 bits per heavy atom. The fourth-order valence-corrected chi connectivity index (χ4v) is 1.85. The van der Waals surface area contributed by atoms with Crippen LogP contribution in [0.4, 0.5) is 0 Å². The van der Waals surface area contributed by atoms with Gasteiger partial charge in [-0.15, -0.1) is 0 Å². The number of rotatable bonds is 3. The van der Waals surface area contributed by atoms with Crippen molar-refractivity contribution in [2.45, 2.75) is 45.3 Å². The van der Waals surface area contributed by atoms with Gasteiger partial charge in [0.2, 0.25) is 0 Å². The molecule has 0 spiro atoms. The second-order valence-corrected chi connectivity index (χ2v) is 4.02. The molecule has 2 heteroatoms. The number of hydrogen-bond acceptors (Lipinski definition) is 2. The van der Waals surface area contributed by atoms with Gasteiger partial charge in [0.15, 0.2) is 5.79 Å². The molecule has 1 fully saturated rings.